The van der Waals surface area contributed by atoms with E-state index in [0.29, 0.717) is 12.5 Å². The van der Waals surface area contributed by atoms with Crippen molar-refractivity contribution in [2.75, 3.05) is 6.54 Å². The summed E-state index contributed by atoms with van der Waals surface area (Å²) in [4.78, 5) is 11.7. The zero-order valence-corrected chi connectivity index (χ0v) is 14.0. The maximum Gasteiger partial charge on any atom is 0.262 e. The highest BCUT2D eigenvalue weighted by Gasteiger charge is 2.20. The average molecular weight is 359 g/mol. The first-order valence-electron chi connectivity index (χ1n) is 5.88. The molecule has 112 valence electrons. The Labute approximate surface area is 132 Å². The SMILES string of the molecule is CCC(C)CNC(=O)c1cc(S(=O)(=O)Cl)c(Cl)cc1Cl. The van der Waals surface area contributed by atoms with Crippen LogP contribution in [0.1, 0.15) is 30.6 Å². The molecule has 1 unspecified atom stereocenters. The molecule has 0 heterocycles. The van der Waals surface area contributed by atoms with E-state index in [1.807, 2.05) is 13.8 Å². The second kappa shape index (κ2) is 6.98. The molecular formula is C12H14Cl3NO3S. The lowest BCUT2D eigenvalue weighted by molar-refractivity contribution is 0.0948. The average Bonchev–Trinajstić information content (AvgIpc) is 2.33. The molecule has 0 saturated heterocycles. The summed E-state index contributed by atoms with van der Waals surface area (Å²) in [5, 5.41) is 2.63. The number of amides is 1. The Balaban J connectivity index is 3.10. The molecular weight excluding hydrogens is 345 g/mol. The highest BCUT2D eigenvalue weighted by molar-refractivity contribution is 8.13. The van der Waals surface area contributed by atoms with Crippen LogP contribution in [0.3, 0.4) is 0 Å². The predicted octanol–water partition coefficient (Wildman–Crippen LogP) is 3.70. The van der Waals surface area contributed by atoms with Crippen LogP contribution in [0.4, 0.5) is 0 Å². The van der Waals surface area contributed by atoms with Crippen molar-refractivity contribution in [3.63, 3.8) is 0 Å². The van der Waals surface area contributed by atoms with Crippen LogP contribution >= 0.6 is 33.9 Å². The van der Waals surface area contributed by atoms with E-state index in [9.17, 15) is 13.2 Å². The molecule has 0 aliphatic rings. The molecule has 1 N–H and O–H groups in total. The van der Waals surface area contributed by atoms with Crippen LogP contribution in [-0.2, 0) is 9.05 Å². The van der Waals surface area contributed by atoms with Crippen LogP contribution < -0.4 is 5.32 Å². The first-order valence-corrected chi connectivity index (χ1v) is 8.95. The molecule has 4 nitrogen and oxygen atoms in total. The lowest BCUT2D eigenvalue weighted by atomic mass is 10.1. The van der Waals surface area contributed by atoms with E-state index in [1.54, 1.807) is 0 Å². The Morgan fingerprint density at radius 3 is 2.40 bits per heavy atom. The van der Waals surface area contributed by atoms with Crippen molar-refractivity contribution >= 4 is 48.8 Å². The van der Waals surface area contributed by atoms with Crippen LogP contribution in [0.25, 0.3) is 0 Å². The van der Waals surface area contributed by atoms with E-state index in [2.05, 4.69) is 5.32 Å². The van der Waals surface area contributed by atoms with Crippen molar-refractivity contribution in [2.45, 2.75) is 25.2 Å². The highest BCUT2D eigenvalue weighted by atomic mass is 35.7. The molecule has 1 aromatic rings. The highest BCUT2D eigenvalue weighted by Crippen LogP contribution is 2.30. The Bertz CT molecular complexity index is 617. The fraction of sp³-hybridized carbons (Fsp3) is 0.417. The molecule has 8 heteroatoms. The van der Waals surface area contributed by atoms with Crippen LogP contribution in [0.2, 0.25) is 10.0 Å². The third kappa shape index (κ3) is 4.52. The van der Waals surface area contributed by atoms with Gasteiger partial charge in [0.05, 0.1) is 15.6 Å². The molecule has 0 bridgehead atoms. The molecule has 1 rings (SSSR count). The Morgan fingerprint density at radius 1 is 1.30 bits per heavy atom. The minimum atomic E-state index is -4.04. The van der Waals surface area contributed by atoms with Crippen molar-refractivity contribution < 1.29 is 13.2 Å². The van der Waals surface area contributed by atoms with E-state index < -0.39 is 15.0 Å². The van der Waals surface area contributed by atoms with Gasteiger partial charge in [-0.2, -0.15) is 0 Å². The Hall–Kier alpha value is -0.490. The summed E-state index contributed by atoms with van der Waals surface area (Å²) in [6.45, 7) is 4.46. The van der Waals surface area contributed by atoms with Crippen LogP contribution in [0, 0.1) is 5.92 Å². The molecule has 0 fully saturated rings. The van der Waals surface area contributed by atoms with Crippen LogP contribution in [0.15, 0.2) is 17.0 Å². The summed E-state index contributed by atoms with van der Waals surface area (Å²) in [5.41, 5.74) is 0.0265. The van der Waals surface area contributed by atoms with Crippen LogP contribution in [-0.4, -0.2) is 20.9 Å². The van der Waals surface area contributed by atoms with E-state index in [0.717, 1.165) is 12.5 Å². The molecule has 0 aromatic heterocycles. The largest absolute Gasteiger partial charge is 0.352 e. The quantitative estimate of drug-likeness (QED) is 0.816. The van der Waals surface area contributed by atoms with Gasteiger partial charge < -0.3 is 5.32 Å². The third-order valence-electron chi connectivity index (χ3n) is 2.84. The smallest absolute Gasteiger partial charge is 0.262 e. The Kier molecular flexibility index (Phi) is 6.13. The van der Waals surface area contributed by atoms with Gasteiger partial charge in [-0.15, -0.1) is 0 Å². The lowest BCUT2D eigenvalue weighted by Crippen LogP contribution is -2.28. The van der Waals surface area contributed by atoms with Crippen molar-refractivity contribution in [2.24, 2.45) is 5.92 Å². The maximum absolute atomic E-state index is 12.0. The number of nitrogens with one attached hydrogen (secondary N) is 1. The molecule has 20 heavy (non-hydrogen) atoms. The van der Waals surface area contributed by atoms with Crippen LogP contribution in [0.5, 0.6) is 0 Å². The van der Waals surface area contributed by atoms with Crippen molar-refractivity contribution in [3.05, 3.63) is 27.7 Å². The number of benzene rings is 1. The normalized spacial score (nSPS) is 13.1. The summed E-state index contributed by atoms with van der Waals surface area (Å²) in [7, 11) is 1.22. The van der Waals surface area contributed by atoms with E-state index >= 15 is 0 Å². The van der Waals surface area contributed by atoms with Gasteiger partial charge in [-0.05, 0) is 18.1 Å². The zero-order valence-electron chi connectivity index (χ0n) is 10.9. The minimum Gasteiger partial charge on any atom is -0.352 e. The topological polar surface area (TPSA) is 63.2 Å². The summed E-state index contributed by atoms with van der Waals surface area (Å²) in [5.74, 6) is -0.158. The summed E-state index contributed by atoms with van der Waals surface area (Å²) < 4.78 is 22.7. The van der Waals surface area contributed by atoms with Gasteiger partial charge in [-0.25, -0.2) is 8.42 Å². The molecule has 1 atom stereocenters. The molecule has 0 aliphatic heterocycles. The number of carbonyl (C=O) groups is 1. The predicted molar refractivity (Wildman–Crippen MR) is 81.3 cm³/mol. The van der Waals surface area contributed by atoms with Gasteiger partial charge in [0.1, 0.15) is 4.90 Å². The summed E-state index contributed by atoms with van der Waals surface area (Å²) in [6, 6.07) is 2.27. The van der Waals surface area contributed by atoms with Gasteiger partial charge in [0.25, 0.3) is 15.0 Å². The minimum absolute atomic E-state index is 0.0265. The third-order valence-corrected chi connectivity index (χ3v) is 4.94. The van der Waals surface area contributed by atoms with Gasteiger partial charge in [0, 0.05) is 17.2 Å². The van der Waals surface area contributed by atoms with Gasteiger partial charge in [0.15, 0.2) is 0 Å². The summed E-state index contributed by atoms with van der Waals surface area (Å²) in [6.07, 6.45) is 0.913. The van der Waals surface area contributed by atoms with E-state index in [4.69, 9.17) is 33.9 Å². The van der Waals surface area contributed by atoms with Gasteiger partial charge in [0.2, 0.25) is 0 Å². The first kappa shape index (κ1) is 17.6. The molecule has 0 aliphatic carbocycles. The standard InChI is InChI=1S/C12H14Cl3NO3S/c1-3-7(2)6-16-12(17)8-4-11(20(15,18)19)10(14)5-9(8)13/h4-5,7H,3,6H2,1-2H3,(H,16,17). The number of hydrogen-bond acceptors (Lipinski definition) is 3. The molecule has 1 amide bonds. The molecule has 0 radical (unpaired) electrons. The fourth-order valence-corrected chi connectivity index (χ4v) is 3.22. The fourth-order valence-electron chi connectivity index (χ4n) is 1.40. The van der Waals surface area contributed by atoms with Gasteiger partial charge in [-0.1, -0.05) is 43.5 Å². The van der Waals surface area contributed by atoms with Crippen molar-refractivity contribution in [1.82, 2.24) is 5.32 Å². The Morgan fingerprint density at radius 2 is 1.90 bits per heavy atom. The maximum atomic E-state index is 12.0. The van der Waals surface area contributed by atoms with E-state index in [-0.39, 0.29) is 20.5 Å². The zero-order chi connectivity index (χ0) is 15.5. The number of rotatable bonds is 5. The van der Waals surface area contributed by atoms with Crippen molar-refractivity contribution in [3.8, 4) is 0 Å². The second-order valence-corrected chi connectivity index (χ2v) is 7.77. The summed E-state index contributed by atoms with van der Waals surface area (Å²) >= 11 is 11.7. The molecule has 1 aromatic carbocycles. The molecule has 0 spiro atoms. The second-order valence-electron chi connectivity index (χ2n) is 4.42. The van der Waals surface area contributed by atoms with E-state index in [1.165, 1.54) is 6.07 Å². The lowest BCUT2D eigenvalue weighted by Gasteiger charge is -2.12. The van der Waals surface area contributed by atoms with Gasteiger partial charge >= 0.3 is 0 Å². The molecule has 0 saturated carbocycles. The first-order chi connectivity index (χ1) is 9.16. The number of hydrogen-bond donors (Lipinski definition) is 1. The monoisotopic (exact) mass is 357 g/mol. The van der Waals surface area contributed by atoms with Crippen molar-refractivity contribution in [1.29, 1.82) is 0 Å². The number of carbonyl (C=O) groups excluding carboxylic acids is 1. The number of halogens is 3. The van der Waals surface area contributed by atoms with Gasteiger partial charge in [-0.3, -0.25) is 4.79 Å².